The predicted octanol–water partition coefficient (Wildman–Crippen LogP) is 1.71. The summed E-state index contributed by atoms with van der Waals surface area (Å²) in [5.74, 6) is -1.26. The second-order valence-electron chi connectivity index (χ2n) is 3.02. The van der Waals surface area contributed by atoms with E-state index in [9.17, 15) is 9.90 Å². The number of hydrogen-bond acceptors (Lipinski definition) is 3. The van der Waals surface area contributed by atoms with Crippen LogP contribution in [0, 0.1) is 0 Å². The van der Waals surface area contributed by atoms with Gasteiger partial charge in [-0.2, -0.15) is 0 Å². The second kappa shape index (κ2) is 5.25. The number of benzene rings is 1. The third kappa shape index (κ3) is 3.02. The molecule has 0 spiro atoms. The Morgan fingerprint density at radius 1 is 1.60 bits per heavy atom. The number of aliphatic carboxylic acids is 1. The lowest BCUT2D eigenvalue weighted by molar-refractivity contribution is -0.146. The number of methoxy groups -OCH3 is 1. The van der Waals surface area contributed by atoms with Crippen molar-refractivity contribution in [1.29, 1.82) is 0 Å². The molecule has 82 valence electrons. The summed E-state index contributed by atoms with van der Waals surface area (Å²) in [7, 11) is 1.58. The van der Waals surface area contributed by atoms with Crippen molar-refractivity contribution in [2.24, 2.45) is 0 Å². The van der Waals surface area contributed by atoms with Crippen LogP contribution < -0.4 is 0 Å². The molecule has 1 aromatic carbocycles. The highest BCUT2D eigenvalue weighted by Gasteiger charge is 2.16. The van der Waals surface area contributed by atoms with Gasteiger partial charge in [0.25, 0.3) is 0 Å². The minimum Gasteiger partial charge on any atom is -0.479 e. The molecule has 0 aliphatic rings. The van der Waals surface area contributed by atoms with Gasteiger partial charge in [0.05, 0.1) is 6.61 Å². The minimum absolute atomic E-state index is 0.342. The molecule has 0 aliphatic heterocycles. The van der Waals surface area contributed by atoms with Gasteiger partial charge in [-0.1, -0.05) is 28.1 Å². The maximum Gasteiger partial charge on any atom is 0.337 e. The van der Waals surface area contributed by atoms with Crippen LogP contribution in [0.1, 0.15) is 17.2 Å². The third-order valence-corrected chi connectivity index (χ3v) is 2.66. The number of rotatable bonds is 4. The Morgan fingerprint density at radius 3 is 2.73 bits per heavy atom. The van der Waals surface area contributed by atoms with Crippen molar-refractivity contribution in [3.8, 4) is 0 Å². The molecule has 1 unspecified atom stereocenters. The number of halogens is 1. The molecule has 1 rings (SSSR count). The van der Waals surface area contributed by atoms with E-state index in [1.54, 1.807) is 25.3 Å². The number of ether oxygens (including phenoxy) is 1. The van der Waals surface area contributed by atoms with Gasteiger partial charge in [0.2, 0.25) is 0 Å². The van der Waals surface area contributed by atoms with Crippen LogP contribution in [0.4, 0.5) is 0 Å². The van der Waals surface area contributed by atoms with Crippen molar-refractivity contribution in [2.45, 2.75) is 12.7 Å². The van der Waals surface area contributed by atoms with Crippen LogP contribution >= 0.6 is 15.9 Å². The molecule has 5 heteroatoms. The quantitative estimate of drug-likeness (QED) is 0.877. The monoisotopic (exact) mass is 274 g/mol. The van der Waals surface area contributed by atoms with E-state index in [0.717, 1.165) is 10.0 Å². The lowest BCUT2D eigenvalue weighted by Gasteiger charge is -2.09. The van der Waals surface area contributed by atoms with Gasteiger partial charge in [-0.05, 0) is 17.2 Å². The summed E-state index contributed by atoms with van der Waals surface area (Å²) in [5, 5.41) is 17.9. The predicted molar refractivity (Wildman–Crippen MR) is 57.5 cm³/mol. The van der Waals surface area contributed by atoms with E-state index in [0.29, 0.717) is 12.2 Å². The van der Waals surface area contributed by atoms with Gasteiger partial charge in [-0.3, -0.25) is 0 Å². The Kier molecular flexibility index (Phi) is 4.26. The molecule has 2 N–H and O–H groups in total. The molecule has 0 aliphatic carbocycles. The van der Waals surface area contributed by atoms with Crippen molar-refractivity contribution in [2.75, 3.05) is 7.11 Å². The third-order valence-electron chi connectivity index (χ3n) is 1.93. The largest absolute Gasteiger partial charge is 0.479 e. The molecule has 15 heavy (non-hydrogen) atoms. The van der Waals surface area contributed by atoms with Crippen LogP contribution in [0.2, 0.25) is 0 Å². The van der Waals surface area contributed by atoms with Crippen LogP contribution in [0.25, 0.3) is 0 Å². The minimum atomic E-state index is -1.49. The molecule has 0 saturated carbocycles. The summed E-state index contributed by atoms with van der Waals surface area (Å²) in [6, 6.07) is 4.86. The Morgan fingerprint density at radius 2 is 2.27 bits per heavy atom. The normalized spacial score (nSPS) is 12.5. The average Bonchev–Trinajstić information content (AvgIpc) is 2.20. The fourth-order valence-electron chi connectivity index (χ4n) is 1.15. The van der Waals surface area contributed by atoms with Crippen LogP contribution in [0.5, 0.6) is 0 Å². The molecule has 0 fully saturated rings. The second-order valence-corrected chi connectivity index (χ2v) is 3.88. The van der Waals surface area contributed by atoms with Crippen molar-refractivity contribution >= 4 is 21.9 Å². The molecule has 1 aromatic rings. The Labute approximate surface area is 95.6 Å². The molecule has 0 amide bonds. The molecule has 0 heterocycles. The number of hydrogen-bond donors (Lipinski definition) is 2. The molecule has 0 radical (unpaired) electrons. The van der Waals surface area contributed by atoms with E-state index in [1.807, 2.05) is 0 Å². The lowest BCUT2D eigenvalue weighted by atomic mass is 10.1. The average molecular weight is 275 g/mol. The van der Waals surface area contributed by atoms with Gasteiger partial charge < -0.3 is 14.9 Å². The standard InChI is InChI=1S/C10H11BrO4/c1-15-5-7-3-2-6(4-8(7)11)9(12)10(13)14/h2-4,9,12H,5H2,1H3,(H,13,14). The summed E-state index contributed by atoms with van der Waals surface area (Å²) < 4.78 is 5.67. The molecular weight excluding hydrogens is 264 g/mol. The van der Waals surface area contributed by atoms with E-state index in [2.05, 4.69) is 15.9 Å². The molecule has 0 saturated heterocycles. The summed E-state index contributed by atoms with van der Waals surface area (Å²) in [4.78, 5) is 10.5. The van der Waals surface area contributed by atoms with Crippen LogP contribution in [0.15, 0.2) is 22.7 Å². The first-order valence-electron chi connectivity index (χ1n) is 4.24. The summed E-state index contributed by atoms with van der Waals surface area (Å²) in [6.07, 6.45) is -1.49. The highest BCUT2D eigenvalue weighted by atomic mass is 79.9. The summed E-state index contributed by atoms with van der Waals surface area (Å²) in [5.41, 5.74) is 1.24. The van der Waals surface area contributed by atoms with Gasteiger partial charge >= 0.3 is 5.97 Å². The van der Waals surface area contributed by atoms with Gasteiger partial charge in [0.15, 0.2) is 6.10 Å². The first-order chi connectivity index (χ1) is 7.06. The van der Waals surface area contributed by atoms with Crippen LogP contribution in [0.3, 0.4) is 0 Å². The highest BCUT2D eigenvalue weighted by Crippen LogP contribution is 2.23. The maximum absolute atomic E-state index is 10.5. The number of carbonyl (C=O) groups is 1. The van der Waals surface area contributed by atoms with Crippen molar-refractivity contribution in [3.05, 3.63) is 33.8 Å². The zero-order valence-corrected chi connectivity index (χ0v) is 9.69. The van der Waals surface area contributed by atoms with E-state index < -0.39 is 12.1 Å². The number of carboxylic acids is 1. The summed E-state index contributed by atoms with van der Waals surface area (Å²) >= 11 is 3.28. The number of aliphatic hydroxyl groups excluding tert-OH is 1. The SMILES string of the molecule is COCc1ccc(C(O)C(=O)O)cc1Br. The summed E-state index contributed by atoms with van der Waals surface area (Å²) in [6.45, 7) is 0.435. The topological polar surface area (TPSA) is 66.8 Å². The molecule has 1 atom stereocenters. The van der Waals surface area contributed by atoms with Crippen LogP contribution in [-0.4, -0.2) is 23.3 Å². The Hall–Kier alpha value is -0.910. The van der Waals surface area contributed by atoms with Gasteiger partial charge in [0.1, 0.15) is 0 Å². The smallest absolute Gasteiger partial charge is 0.337 e. The lowest BCUT2D eigenvalue weighted by Crippen LogP contribution is -2.10. The molecule has 0 bridgehead atoms. The molecule has 4 nitrogen and oxygen atoms in total. The Bertz CT molecular complexity index is 364. The highest BCUT2D eigenvalue weighted by molar-refractivity contribution is 9.10. The van der Waals surface area contributed by atoms with Gasteiger partial charge in [-0.15, -0.1) is 0 Å². The van der Waals surface area contributed by atoms with E-state index in [1.165, 1.54) is 0 Å². The van der Waals surface area contributed by atoms with Gasteiger partial charge in [0, 0.05) is 11.6 Å². The number of aliphatic hydroxyl groups is 1. The van der Waals surface area contributed by atoms with Crippen molar-refractivity contribution in [1.82, 2.24) is 0 Å². The van der Waals surface area contributed by atoms with E-state index >= 15 is 0 Å². The van der Waals surface area contributed by atoms with E-state index in [4.69, 9.17) is 9.84 Å². The fourth-order valence-corrected chi connectivity index (χ4v) is 1.66. The Balaban J connectivity index is 2.95. The fraction of sp³-hybridized carbons (Fsp3) is 0.300. The van der Waals surface area contributed by atoms with Crippen molar-refractivity contribution in [3.63, 3.8) is 0 Å². The maximum atomic E-state index is 10.5. The molecule has 0 aromatic heterocycles. The van der Waals surface area contributed by atoms with E-state index in [-0.39, 0.29) is 0 Å². The van der Waals surface area contributed by atoms with Crippen LogP contribution in [-0.2, 0) is 16.1 Å². The number of carboxylic acid groups (broad SMARTS) is 1. The zero-order valence-electron chi connectivity index (χ0n) is 8.11. The van der Waals surface area contributed by atoms with Crippen molar-refractivity contribution < 1.29 is 19.7 Å². The first kappa shape index (κ1) is 12.2. The zero-order chi connectivity index (χ0) is 11.4. The van der Waals surface area contributed by atoms with Gasteiger partial charge in [-0.25, -0.2) is 4.79 Å². The first-order valence-corrected chi connectivity index (χ1v) is 5.03. The molecular formula is C10H11BrO4.